The fraction of sp³-hybridized carbons (Fsp3) is 0.353. The second kappa shape index (κ2) is 6.35. The molecule has 126 valence electrons. The Hall–Kier alpha value is -2.83. The molecule has 7 nitrogen and oxygen atoms in total. The average molecular weight is 329 g/mol. The van der Waals surface area contributed by atoms with E-state index in [0.29, 0.717) is 24.3 Å². The van der Waals surface area contributed by atoms with Crippen molar-refractivity contribution in [2.45, 2.75) is 25.8 Å². The number of carbonyl (C=O) groups is 2. The lowest BCUT2D eigenvalue weighted by Gasteiger charge is -2.36. The van der Waals surface area contributed by atoms with Crippen LogP contribution in [0, 0.1) is 5.92 Å². The number of likely N-dealkylation sites (tertiary alicyclic amines) is 1. The van der Waals surface area contributed by atoms with Gasteiger partial charge in [0.2, 0.25) is 5.91 Å². The van der Waals surface area contributed by atoms with Crippen molar-refractivity contribution in [2.24, 2.45) is 11.7 Å². The summed E-state index contributed by atoms with van der Waals surface area (Å²) in [7, 11) is 0. The van der Waals surface area contributed by atoms with E-state index >= 15 is 0 Å². The number of amides is 2. The molecule has 0 spiro atoms. The molecule has 0 aliphatic carbocycles. The molecule has 0 radical (unpaired) electrons. The summed E-state index contributed by atoms with van der Waals surface area (Å²) in [6, 6.07) is 6.51. The summed E-state index contributed by atoms with van der Waals surface area (Å²) < 4.78 is 5.23. The van der Waals surface area contributed by atoms with Crippen LogP contribution in [0.5, 0.6) is 0 Å². The van der Waals surface area contributed by atoms with E-state index < -0.39 is 11.5 Å². The predicted octanol–water partition coefficient (Wildman–Crippen LogP) is 1.36. The molecule has 3 rings (SSSR count). The SMILES string of the molecule is CC1CCC(C(N)=O)CN1C(=O)c1ccc(-c2ccco2)[nH]c1=O. The van der Waals surface area contributed by atoms with E-state index in [2.05, 4.69) is 4.98 Å². The van der Waals surface area contributed by atoms with Gasteiger partial charge in [-0.1, -0.05) is 0 Å². The van der Waals surface area contributed by atoms with Crippen LogP contribution < -0.4 is 11.3 Å². The van der Waals surface area contributed by atoms with Crippen molar-refractivity contribution in [1.82, 2.24) is 9.88 Å². The van der Waals surface area contributed by atoms with E-state index in [1.165, 1.54) is 12.3 Å². The number of carbonyl (C=O) groups excluding carboxylic acids is 2. The standard InChI is InChI=1S/C17H19N3O4/c1-10-4-5-11(15(18)21)9-20(10)17(23)12-6-7-13(19-16(12)22)14-3-2-8-24-14/h2-3,6-8,10-11H,4-5,9H2,1H3,(H2,18,21)(H,19,22). The lowest BCUT2D eigenvalue weighted by molar-refractivity contribution is -0.123. The number of piperidine rings is 1. The summed E-state index contributed by atoms with van der Waals surface area (Å²) >= 11 is 0. The van der Waals surface area contributed by atoms with E-state index in [9.17, 15) is 14.4 Å². The van der Waals surface area contributed by atoms with E-state index in [4.69, 9.17) is 10.2 Å². The molecule has 0 saturated carbocycles. The topological polar surface area (TPSA) is 109 Å². The number of nitrogens with zero attached hydrogens (tertiary/aromatic N) is 1. The Morgan fingerprint density at radius 1 is 1.29 bits per heavy atom. The average Bonchev–Trinajstić information content (AvgIpc) is 3.09. The Bertz CT molecular complexity index is 809. The summed E-state index contributed by atoms with van der Waals surface area (Å²) in [6.07, 6.45) is 2.85. The monoisotopic (exact) mass is 329 g/mol. The van der Waals surface area contributed by atoms with Crippen molar-refractivity contribution < 1.29 is 14.0 Å². The molecule has 7 heteroatoms. The zero-order valence-electron chi connectivity index (χ0n) is 13.3. The largest absolute Gasteiger partial charge is 0.463 e. The highest BCUT2D eigenvalue weighted by molar-refractivity contribution is 5.94. The highest BCUT2D eigenvalue weighted by Crippen LogP contribution is 2.23. The van der Waals surface area contributed by atoms with Gasteiger partial charge in [0, 0.05) is 12.6 Å². The Balaban J connectivity index is 1.86. The van der Waals surface area contributed by atoms with Crippen LogP contribution in [0.25, 0.3) is 11.5 Å². The minimum absolute atomic E-state index is 0.0438. The molecule has 0 bridgehead atoms. The lowest BCUT2D eigenvalue weighted by atomic mass is 9.92. The van der Waals surface area contributed by atoms with Gasteiger partial charge < -0.3 is 20.0 Å². The molecule has 2 atom stereocenters. The first-order chi connectivity index (χ1) is 11.5. The van der Waals surface area contributed by atoms with Gasteiger partial charge in [-0.05, 0) is 44.0 Å². The van der Waals surface area contributed by atoms with Crippen LogP contribution in [-0.4, -0.2) is 34.3 Å². The van der Waals surface area contributed by atoms with E-state index in [1.54, 1.807) is 23.1 Å². The van der Waals surface area contributed by atoms with Gasteiger partial charge in [-0.3, -0.25) is 14.4 Å². The molecule has 1 fully saturated rings. The van der Waals surface area contributed by atoms with E-state index in [-0.39, 0.29) is 30.0 Å². The minimum Gasteiger partial charge on any atom is -0.463 e. The molecule has 1 saturated heterocycles. The maximum atomic E-state index is 12.7. The van der Waals surface area contributed by atoms with Crippen LogP contribution in [0.15, 0.2) is 39.7 Å². The van der Waals surface area contributed by atoms with Gasteiger partial charge in [-0.25, -0.2) is 0 Å². The first-order valence-corrected chi connectivity index (χ1v) is 7.85. The van der Waals surface area contributed by atoms with E-state index in [1.807, 2.05) is 6.92 Å². The summed E-state index contributed by atoms with van der Waals surface area (Å²) in [5, 5.41) is 0. The number of primary amides is 1. The second-order valence-corrected chi connectivity index (χ2v) is 6.08. The first-order valence-electron chi connectivity index (χ1n) is 7.85. The number of furan rings is 1. The zero-order valence-corrected chi connectivity index (χ0v) is 13.3. The summed E-state index contributed by atoms with van der Waals surface area (Å²) in [4.78, 5) is 40.7. The van der Waals surface area contributed by atoms with Crippen molar-refractivity contribution in [1.29, 1.82) is 0 Å². The molecule has 2 unspecified atom stereocenters. The van der Waals surface area contributed by atoms with Crippen LogP contribution in [0.4, 0.5) is 0 Å². The Labute approximate surface area is 138 Å². The summed E-state index contributed by atoms with van der Waals surface area (Å²) in [5.41, 5.74) is 5.43. The van der Waals surface area contributed by atoms with Crippen molar-refractivity contribution in [3.8, 4) is 11.5 Å². The van der Waals surface area contributed by atoms with Gasteiger partial charge in [0.25, 0.3) is 11.5 Å². The molecule has 3 N–H and O–H groups in total. The van der Waals surface area contributed by atoms with Crippen LogP contribution in [0.1, 0.15) is 30.1 Å². The smallest absolute Gasteiger partial charge is 0.261 e. The number of hydrogen-bond acceptors (Lipinski definition) is 4. The van der Waals surface area contributed by atoms with Crippen molar-refractivity contribution in [3.05, 3.63) is 46.4 Å². The molecule has 2 aromatic rings. The van der Waals surface area contributed by atoms with Crippen molar-refractivity contribution in [3.63, 3.8) is 0 Å². The van der Waals surface area contributed by atoms with Crippen LogP contribution in [0.3, 0.4) is 0 Å². The Morgan fingerprint density at radius 2 is 2.08 bits per heavy atom. The lowest BCUT2D eigenvalue weighted by Crippen LogP contribution is -2.49. The normalized spacial score (nSPS) is 20.8. The van der Waals surface area contributed by atoms with Gasteiger partial charge in [-0.15, -0.1) is 0 Å². The van der Waals surface area contributed by atoms with Crippen LogP contribution in [0.2, 0.25) is 0 Å². The maximum Gasteiger partial charge on any atom is 0.261 e. The highest BCUT2D eigenvalue weighted by Gasteiger charge is 2.33. The number of hydrogen-bond donors (Lipinski definition) is 2. The third-order valence-corrected chi connectivity index (χ3v) is 4.47. The number of rotatable bonds is 3. The molecule has 1 aliphatic rings. The molecule has 2 amide bonds. The van der Waals surface area contributed by atoms with Gasteiger partial charge in [0.05, 0.1) is 17.9 Å². The number of pyridine rings is 1. The minimum atomic E-state index is -0.484. The van der Waals surface area contributed by atoms with Gasteiger partial charge in [-0.2, -0.15) is 0 Å². The highest BCUT2D eigenvalue weighted by atomic mass is 16.3. The molecular formula is C17H19N3O4. The van der Waals surface area contributed by atoms with E-state index in [0.717, 1.165) is 0 Å². The molecule has 2 aromatic heterocycles. The number of aromatic amines is 1. The van der Waals surface area contributed by atoms with Crippen LogP contribution >= 0.6 is 0 Å². The maximum absolute atomic E-state index is 12.7. The van der Waals surface area contributed by atoms with Gasteiger partial charge in [0.1, 0.15) is 11.3 Å². The molecule has 24 heavy (non-hydrogen) atoms. The Kier molecular flexibility index (Phi) is 4.24. The number of nitrogens with one attached hydrogen (secondary N) is 1. The summed E-state index contributed by atoms with van der Waals surface area (Å²) in [5.74, 6) is -0.652. The molecule has 3 heterocycles. The fourth-order valence-electron chi connectivity index (χ4n) is 2.99. The van der Waals surface area contributed by atoms with Crippen molar-refractivity contribution in [2.75, 3.05) is 6.54 Å². The van der Waals surface area contributed by atoms with Crippen molar-refractivity contribution >= 4 is 11.8 Å². The fourth-order valence-corrected chi connectivity index (χ4v) is 2.99. The first kappa shape index (κ1) is 16.0. The third kappa shape index (κ3) is 2.97. The van der Waals surface area contributed by atoms with Gasteiger partial charge in [0.15, 0.2) is 0 Å². The number of H-pyrrole nitrogens is 1. The van der Waals surface area contributed by atoms with Crippen LogP contribution in [-0.2, 0) is 4.79 Å². The number of aromatic nitrogens is 1. The summed E-state index contributed by atoms with van der Waals surface area (Å²) in [6.45, 7) is 2.15. The van der Waals surface area contributed by atoms with Gasteiger partial charge >= 0.3 is 0 Å². The quantitative estimate of drug-likeness (QED) is 0.886. The zero-order chi connectivity index (χ0) is 17.3. The molecule has 0 aromatic carbocycles. The Morgan fingerprint density at radius 3 is 2.71 bits per heavy atom. The molecule has 1 aliphatic heterocycles. The second-order valence-electron chi connectivity index (χ2n) is 6.08. The number of nitrogens with two attached hydrogens (primary N) is 1. The predicted molar refractivity (Wildman–Crippen MR) is 87.2 cm³/mol. The third-order valence-electron chi connectivity index (χ3n) is 4.47. The molecular weight excluding hydrogens is 310 g/mol.